The van der Waals surface area contributed by atoms with Crippen molar-refractivity contribution in [1.82, 2.24) is 9.46 Å². The topological polar surface area (TPSA) is 102 Å². The predicted octanol–water partition coefficient (Wildman–Crippen LogP) is 2.56. The van der Waals surface area contributed by atoms with Crippen molar-refractivity contribution in [2.75, 3.05) is 31.6 Å². The Morgan fingerprint density at radius 2 is 1.83 bits per heavy atom. The molecule has 1 aliphatic rings. The minimum Gasteiger partial charge on any atom is -0.379 e. The average Bonchev–Trinajstić information content (AvgIpc) is 3.16. The highest BCUT2D eigenvalue weighted by molar-refractivity contribution is 7.89. The molecule has 158 valence electrons. The summed E-state index contributed by atoms with van der Waals surface area (Å²) < 4.78 is 37.2. The first-order chi connectivity index (χ1) is 13.7. The molecule has 29 heavy (non-hydrogen) atoms. The second-order valence-electron chi connectivity index (χ2n) is 8.03. The fourth-order valence-electron chi connectivity index (χ4n) is 2.91. The minimum atomic E-state index is -3.51. The van der Waals surface area contributed by atoms with Gasteiger partial charge >= 0.3 is 0 Å². The largest absolute Gasteiger partial charge is 0.379 e. The van der Waals surface area contributed by atoms with Gasteiger partial charge < -0.3 is 14.6 Å². The van der Waals surface area contributed by atoms with Crippen molar-refractivity contribution in [3.8, 4) is 0 Å². The van der Waals surface area contributed by atoms with Crippen molar-refractivity contribution >= 4 is 21.7 Å². The Kier molecular flexibility index (Phi) is 6.40. The fraction of sp³-hybridized carbons (Fsp3) is 0.500. The Morgan fingerprint density at radius 3 is 2.41 bits per heavy atom. The maximum absolute atomic E-state index is 12.6. The van der Waals surface area contributed by atoms with E-state index in [4.69, 9.17) is 9.26 Å². The highest BCUT2D eigenvalue weighted by Crippen LogP contribution is 2.24. The molecule has 3 rings (SSSR count). The molecule has 9 heteroatoms. The van der Waals surface area contributed by atoms with E-state index in [0.717, 1.165) is 5.56 Å². The summed E-state index contributed by atoms with van der Waals surface area (Å²) in [5.41, 5.74) is 0.704. The van der Waals surface area contributed by atoms with Crippen LogP contribution in [-0.4, -0.2) is 50.1 Å². The van der Waals surface area contributed by atoms with E-state index in [2.05, 4.69) is 10.5 Å². The van der Waals surface area contributed by atoms with Gasteiger partial charge in [0.2, 0.25) is 15.9 Å². The van der Waals surface area contributed by atoms with Crippen molar-refractivity contribution in [3.63, 3.8) is 0 Å². The van der Waals surface area contributed by atoms with Crippen molar-refractivity contribution in [1.29, 1.82) is 0 Å². The molecule has 0 saturated carbocycles. The lowest BCUT2D eigenvalue weighted by molar-refractivity contribution is -0.116. The molecule has 2 aromatic rings. The number of anilines is 1. The smallest absolute Gasteiger partial charge is 0.243 e. The van der Waals surface area contributed by atoms with Crippen LogP contribution >= 0.6 is 0 Å². The van der Waals surface area contributed by atoms with E-state index >= 15 is 0 Å². The summed E-state index contributed by atoms with van der Waals surface area (Å²) >= 11 is 0. The average molecular weight is 422 g/mol. The molecular weight excluding hydrogens is 394 g/mol. The molecular formula is C20H27N3O5S. The number of nitrogens with one attached hydrogen (secondary N) is 1. The number of morpholine rings is 1. The van der Waals surface area contributed by atoms with Gasteiger partial charge in [0, 0.05) is 31.0 Å². The summed E-state index contributed by atoms with van der Waals surface area (Å²) in [5, 5.41) is 6.60. The SMILES string of the molecule is CC(C)(C)c1cc(NC(=O)CCc2ccc(S(=O)(=O)N3CCOCC3)cc2)no1. The number of amides is 1. The maximum atomic E-state index is 12.6. The molecule has 0 atom stereocenters. The van der Waals surface area contributed by atoms with Crippen LogP contribution in [0.3, 0.4) is 0 Å². The van der Waals surface area contributed by atoms with Gasteiger partial charge in [0.25, 0.3) is 0 Å². The number of sulfonamides is 1. The number of aromatic nitrogens is 1. The van der Waals surface area contributed by atoms with Gasteiger partial charge in [-0.1, -0.05) is 38.1 Å². The zero-order chi connectivity index (χ0) is 21.1. The van der Waals surface area contributed by atoms with Crippen molar-refractivity contribution in [3.05, 3.63) is 41.7 Å². The molecule has 0 unspecified atom stereocenters. The van der Waals surface area contributed by atoms with Crippen LogP contribution in [0.1, 0.15) is 38.5 Å². The number of ether oxygens (including phenoxy) is 1. The molecule has 0 radical (unpaired) electrons. The molecule has 1 aromatic carbocycles. The summed E-state index contributed by atoms with van der Waals surface area (Å²) in [5.74, 6) is 0.917. The number of rotatable bonds is 6. The quantitative estimate of drug-likeness (QED) is 0.769. The van der Waals surface area contributed by atoms with Crippen LogP contribution < -0.4 is 5.32 Å². The number of carbonyl (C=O) groups is 1. The van der Waals surface area contributed by atoms with Gasteiger partial charge in [-0.3, -0.25) is 4.79 Å². The lowest BCUT2D eigenvalue weighted by atomic mass is 9.93. The van der Waals surface area contributed by atoms with Crippen LogP contribution in [-0.2, 0) is 31.4 Å². The number of aryl methyl sites for hydroxylation is 1. The monoisotopic (exact) mass is 421 g/mol. The first-order valence-corrected chi connectivity index (χ1v) is 11.0. The fourth-order valence-corrected chi connectivity index (χ4v) is 4.32. The Bertz CT molecular complexity index is 939. The molecule has 2 heterocycles. The lowest BCUT2D eigenvalue weighted by Gasteiger charge is -2.26. The van der Waals surface area contributed by atoms with Crippen LogP contribution in [0.5, 0.6) is 0 Å². The van der Waals surface area contributed by atoms with Crippen molar-refractivity contribution < 1.29 is 22.5 Å². The van der Waals surface area contributed by atoms with E-state index in [0.29, 0.717) is 44.3 Å². The molecule has 1 aliphatic heterocycles. The summed E-state index contributed by atoms with van der Waals surface area (Å²) in [4.78, 5) is 12.4. The molecule has 1 amide bonds. The zero-order valence-electron chi connectivity index (χ0n) is 17.0. The second-order valence-corrected chi connectivity index (χ2v) is 9.97. The summed E-state index contributed by atoms with van der Waals surface area (Å²) in [6.45, 7) is 7.56. The second kappa shape index (κ2) is 8.64. The van der Waals surface area contributed by atoms with Gasteiger partial charge in [-0.15, -0.1) is 0 Å². The molecule has 1 saturated heterocycles. The van der Waals surface area contributed by atoms with E-state index in [9.17, 15) is 13.2 Å². The van der Waals surface area contributed by atoms with Gasteiger partial charge in [0.1, 0.15) is 5.76 Å². The number of benzene rings is 1. The lowest BCUT2D eigenvalue weighted by Crippen LogP contribution is -2.40. The molecule has 0 bridgehead atoms. The Labute approximate surface area is 171 Å². The van der Waals surface area contributed by atoms with Crippen LogP contribution in [0.2, 0.25) is 0 Å². The Balaban J connectivity index is 1.54. The summed E-state index contributed by atoms with van der Waals surface area (Å²) in [6.07, 6.45) is 0.751. The van der Waals surface area contributed by atoms with Gasteiger partial charge in [-0.25, -0.2) is 8.42 Å². The number of carbonyl (C=O) groups excluding carboxylic acids is 1. The summed E-state index contributed by atoms with van der Waals surface area (Å²) in [7, 11) is -3.51. The van der Waals surface area contributed by atoms with E-state index in [1.54, 1.807) is 30.3 Å². The molecule has 1 fully saturated rings. The normalized spacial score (nSPS) is 16.0. The van der Waals surface area contributed by atoms with Crippen LogP contribution in [0.15, 0.2) is 39.8 Å². The third-order valence-corrected chi connectivity index (χ3v) is 6.60. The maximum Gasteiger partial charge on any atom is 0.243 e. The number of hydrogen-bond donors (Lipinski definition) is 1. The molecule has 1 aromatic heterocycles. The van der Waals surface area contributed by atoms with E-state index in [1.165, 1.54) is 4.31 Å². The highest BCUT2D eigenvalue weighted by atomic mass is 32.2. The minimum absolute atomic E-state index is 0.177. The molecule has 8 nitrogen and oxygen atoms in total. The van der Waals surface area contributed by atoms with E-state index < -0.39 is 10.0 Å². The standard InChI is InChI=1S/C20H27N3O5S/c1-20(2,3)17-14-18(22-28-17)21-19(24)9-6-15-4-7-16(8-5-15)29(25,26)23-10-12-27-13-11-23/h4-5,7-8,14H,6,9-13H2,1-3H3,(H,21,22,24). The van der Waals surface area contributed by atoms with Gasteiger partial charge in [0.15, 0.2) is 5.82 Å². The number of nitrogens with zero attached hydrogens (tertiary/aromatic N) is 2. The predicted molar refractivity (Wildman–Crippen MR) is 108 cm³/mol. The Hall–Kier alpha value is -2.23. The molecule has 1 N–H and O–H groups in total. The molecule has 0 aliphatic carbocycles. The van der Waals surface area contributed by atoms with Crippen LogP contribution in [0, 0.1) is 0 Å². The third-order valence-electron chi connectivity index (χ3n) is 4.69. The zero-order valence-corrected chi connectivity index (χ0v) is 17.8. The first kappa shape index (κ1) is 21.5. The highest BCUT2D eigenvalue weighted by Gasteiger charge is 2.26. The van der Waals surface area contributed by atoms with Gasteiger partial charge in [0.05, 0.1) is 18.1 Å². The Morgan fingerprint density at radius 1 is 1.17 bits per heavy atom. The number of hydrogen-bond acceptors (Lipinski definition) is 6. The van der Waals surface area contributed by atoms with Crippen molar-refractivity contribution in [2.24, 2.45) is 0 Å². The van der Waals surface area contributed by atoms with E-state index in [1.807, 2.05) is 20.8 Å². The van der Waals surface area contributed by atoms with Crippen LogP contribution in [0.25, 0.3) is 0 Å². The van der Waals surface area contributed by atoms with Gasteiger partial charge in [-0.2, -0.15) is 4.31 Å². The van der Waals surface area contributed by atoms with Crippen molar-refractivity contribution in [2.45, 2.75) is 43.9 Å². The first-order valence-electron chi connectivity index (χ1n) is 9.60. The molecule has 0 spiro atoms. The summed E-state index contributed by atoms with van der Waals surface area (Å²) in [6, 6.07) is 8.39. The third kappa shape index (κ3) is 5.43. The van der Waals surface area contributed by atoms with Gasteiger partial charge in [-0.05, 0) is 24.1 Å². The van der Waals surface area contributed by atoms with Crippen LogP contribution in [0.4, 0.5) is 5.82 Å². The van der Waals surface area contributed by atoms with E-state index in [-0.39, 0.29) is 22.6 Å².